The molecule has 0 spiro atoms. The molecule has 39 heavy (non-hydrogen) atoms. The van der Waals surface area contributed by atoms with Crippen LogP contribution in [0.4, 0.5) is 0 Å². The second-order valence-corrected chi connectivity index (χ2v) is 12.1. The molecule has 4 aromatic rings. The molecule has 0 saturated carbocycles. The molecule has 0 amide bonds. The van der Waals surface area contributed by atoms with Gasteiger partial charge in [0.2, 0.25) is 0 Å². The second-order valence-electron chi connectivity index (χ2n) is 10.4. The first-order valence-corrected chi connectivity index (χ1v) is 14.5. The van der Waals surface area contributed by atoms with Crippen LogP contribution in [-0.4, -0.2) is 26.9 Å². The summed E-state index contributed by atoms with van der Waals surface area (Å²) in [6.45, 7) is 5.36. The van der Waals surface area contributed by atoms with Crippen LogP contribution in [0.2, 0.25) is 5.02 Å². The number of rotatable bonds is 11. The van der Waals surface area contributed by atoms with Gasteiger partial charge in [-0.2, -0.15) is 11.8 Å². The average Bonchev–Trinajstić information content (AvgIpc) is 2.91. The summed E-state index contributed by atoms with van der Waals surface area (Å²) < 4.78 is 0. The van der Waals surface area contributed by atoms with Gasteiger partial charge in [-0.05, 0) is 73.2 Å². The molecule has 2 N–H and O–H groups in total. The Morgan fingerprint density at radius 3 is 2.56 bits per heavy atom. The van der Waals surface area contributed by atoms with Crippen LogP contribution < -0.4 is 0 Å². The van der Waals surface area contributed by atoms with Gasteiger partial charge in [0.1, 0.15) is 0 Å². The Morgan fingerprint density at radius 2 is 1.79 bits per heavy atom. The van der Waals surface area contributed by atoms with Gasteiger partial charge in [0, 0.05) is 21.4 Å². The first-order valence-electron chi connectivity index (χ1n) is 13.1. The number of aromatic nitrogens is 1. The van der Waals surface area contributed by atoms with Crippen LogP contribution in [0.25, 0.3) is 23.1 Å². The Bertz CT molecular complexity index is 1480. The van der Waals surface area contributed by atoms with Crippen molar-refractivity contribution in [2.75, 3.05) is 5.75 Å². The Balaban J connectivity index is 1.56. The van der Waals surface area contributed by atoms with E-state index in [2.05, 4.69) is 24.3 Å². The fourth-order valence-corrected chi connectivity index (χ4v) is 6.00. The summed E-state index contributed by atoms with van der Waals surface area (Å²) in [7, 11) is 0. The Kier molecular flexibility index (Phi) is 9.49. The molecule has 4 nitrogen and oxygen atoms in total. The average molecular weight is 560 g/mol. The van der Waals surface area contributed by atoms with Gasteiger partial charge in [0.05, 0.1) is 22.7 Å². The summed E-state index contributed by atoms with van der Waals surface area (Å²) >= 11 is 7.82. The lowest BCUT2D eigenvalue weighted by atomic mass is 9.90. The molecule has 0 aliphatic rings. The van der Waals surface area contributed by atoms with Crippen LogP contribution in [0.15, 0.2) is 78.9 Å². The number of benzene rings is 3. The third kappa shape index (κ3) is 7.95. The van der Waals surface area contributed by atoms with Crippen LogP contribution in [0.5, 0.6) is 0 Å². The van der Waals surface area contributed by atoms with Crippen molar-refractivity contribution in [2.24, 2.45) is 5.92 Å². The van der Waals surface area contributed by atoms with Crippen molar-refractivity contribution in [3.05, 3.63) is 112 Å². The summed E-state index contributed by atoms with van der Waals surface area (Å²) in [5, 5.41) is 21.9. The zero-order chi connectivity index (χ0) is 28.0. The van der Waals surface area contributed by atoms with Crippen LogP contribution in [0, 0.1) is 5.92 Å². The van der Waals surface area contributed by atoms with Gasteiger partial charge in [-0.1, -0.05) is 85.3 Å². The molecule has 1 aromatic heterocycles. The van der Waals surface area contributed by atoms with Crippen molar-refractivity contribution in [1.82, 2.24) is 4.98 Å². The van der Waals surface area contributed by atoms with Crippen molar-refractivity contribution in [1.29, 1.82) is 0 Å². The summed E-state index contributed by atoms with van der Waals surface area (Å²) in [5.41, 5.74) is 5.01. The molecule has 0 aliphatic heterocycles. The Labute approximate surface area is 239 Å². The molecule has 3 aromatic carbocycles. The molecule has 2 unspecified atom stereocenters. The van der Waals surface area contributed by atoms with E-state index in [1.165, 1.54) is 0 Å². The van der Waals surface area contributed by atoms with Crippen LogP contribution >= 0.6 is 23.4 Å². The lowest BCUT2D eigenvalue weighted by molar-refractivity contribution is -0.140. The zero-order valence-electron chi connectivity index (χ0n) is 22.5. The van der Waals surface area contributed by atoms with Gasteiger partial charge < -0.3 is 10.2 Å². The fraction of sp³-hybridized carbons (Fsp3) is 0.273. The second kappa shape index (κ2) is 12.8. The van der Waals surface area contributed by atoms with Gasteiger partial charge in [0.25, 0.3) is 0 Å². The lowest BCUT2D eigenvalue weighted by Crippen LogP contribution is -2.18. The van der Waals surface area contributed by atoms with Gasteiger partial charge >= 0.3 is 5.97 Å². The molecule has 0 fully saturated rings. The normalized spacial score (nSPS) is 13.6. The Morgan fingerprint density at radius 1 is 1.03 bits per heavy atom. The van der Waals surface area contributed by atoms with Gasteiger partial charge in [-0.15, -0.1) is 0 Å². The number of carboxylic acid groups (broad SMARTS) is 1. The highest BCUT2D eigenvalue weighted by molar-refractivity contribution is 7.99. The van der Waals surface area contributed by atoms with Crippen LogP contribution in [0.1, 0.15) is 60.4 Å². The SMILES string of the molecule is CC(CSC(CCc1ccccc1C(C)(C)O)c1cccc(C=Cc2ccc3ccc(Cl)cc3n2)c1)C(=O)O. The third-order valence-corrected chi connectivity index (χ3v) is 8.56. The number of nitrogens with zero attached hydrogens (tertiary/aromatic N) is 1. The third-order valence-electron chi connectivity index (χ3n) is 6.73. The van der Waals surface area contributed by atoms with E-state index in [-0.39, 0.29) is 5.25 Å². The number of halogens is 1. The molecule has 202 valence electrons. The molecule has 4 rings (SSSR count). The smallest absolute Gasteiger partial charge is 0.307 e. The molecule has 2 atom stereocenters. The minimum Gasteiger partial charge on any atom is -0.481 e. The summed E-state index contributed by atoms with van der Waals surface area (Å²) in [6, 6.07) is 26.1. The van der Waals surface area contributed by atoms with Gasteiger partial charge in [0.15, 0.2) is 0 Å². The van der Waals surface area contributed by atoms with E-state index in [1.807, 2.05) is 66.7 Å². The largest absolute Gasteiger partial charge is 0.481 e. The Hall–Kier alpha value is -3.12. The predicted molar refractivity (Wildman–Crippen MR) is 164 cm³/mol. The van der Waals surface area contributed by atoms with Crippen molar-refractivity contribution in [2.45, 2.75) is 44.5 Å². The predicted octanol–water partition coefficient (Wildman–Crippen LogP) is 8.41. The number of thioether (sulfide) groups is 1. The van der Waals surface area contributed by atoms with Gasteiger partial charge in [-0.25, -0.2) is 4.98 Å². The number of fused-ring (bicyclic) bond motifs is 1. The van der Waals surface area contributed by atoms with E-state index in [0.717, 1.165) is 51.7 Å². The van der Waals surface area contributed by atoms with Crippen LogP contribution in [-0.2, 0) is 16.8 Å². The lowest BCUT2D eigenvalue weighted by Gasteiger charge is -2.23. The number of aliphatic hydroxyl groups is 1. The quantitative estimate of drug-likeness (QED) is 0.193. The zero-order valence-corrected chi connectivity index (χ0v) is 24.0. The van der Waals surface area contributed by atoms with E-state index in [9.17, 15) is 15.0 Å². The number of hydrogen-bond donors (Lipinski definition) is 2. The summed E-state index contributed by atoms with van der Waals surface area (Å²) in [4.78, 5) is 16.2. The van der Waals surface area contributed by atoms with E-state index in [4.69, 9.17) is 16.6 Å². The van der Waals surface area contributed by atoms with Gasteiger partial charge in [-0.3, -0.25) is 4.79 Å². The number of hydrogen-bond acceptors (Lipinski definition) is 4. The summed E-state index contributed by atoms with van der Waals surface area (Å²) in [5.74, 6) is -0.692. The monoisotopic (exact) mass is 559 g/mol. The van der Waals surface area contributed by atoms with Crippen molar-refractivity contribution in [3.8, 4) is 0 Å². The number of aryl methyl sites for hydroxylation is 1. The molecule has 0 saturated heterocycles. The highest BCUT2D eigenvalue weighted by atomic mass is 35.5. The van der Waals surface area contributed by atoms with Crippen molar-refractivity contribution < 1.29 is 15.0 Å². The number of aliphatic carboxylic acids is 1. The molecule has 1 heterocycles. The molecule has 0 radical (unpaired) electrons. The van der Waals surface area contributed by atoms with E-state index in [0.29, 0.717) is 10.8 Å². The molecule has 0 aliphatic carbocycles. The molecular formula is C33H34ClNO3S. The first-order chi connectivity index (χ1) is 18.6. The van der Waals surface area contributed by atoms with E-state index < -0.39 is 17.5 Å². The first kappa shape index (κ1) is 28.9. The minimum atomic E-state index is -0.927. The number of carboxylic acids is 1. The van der Waals surface area contributed by atoms with E-state index in [1.54, 1.807) is 32.5 Å². The van der Waals surface area contributed by atoms with Crippen molar-refractivity contribution in [3.63, 3.8) is 0 Å². The molecule has 6 heteroatoms. The summed E-state index contributed by atoms with van der Waals surface area (Å²) in [6.07, 6.45) is 5.65. The topological polar surface area (TPSA) is 70.4 Å². The number of pyridine rings is 1. The number of carbonyl (C=O) groups is 1. The molecular weight excluding hydrogens is 526 g/mol. The van der Waals surface area contributed by atoms with Crippen molar-refractivity contribution >= 4 is 52.4 Å². The maximum absolute atomic E-state index is 11.5. The highest BCUT2D eigenvalue weighted by Crippen LogP contribution is 2.36. The maximum Gasteiger partial charge on any atom is 0.307 e. The maximum atomic E-state index is 11.5. The fourth-order valence-electron chi connectivity index (χ4n) is 4.54. The van der Waals surface area contributed by atoms with Crippen LogP contribution in [0.3, 0.4) is 0 Å². The minimum absolute atomic E-state index is 0.107. The highest BCUT2D eigenvalue weighted by Gasteiger charge is 2.22. The standard InChI is InChI=1S/C33H34ClNO3S/c1-22(32(36)37)21-39-31(18-14-24-8-4-5-10-29(24)33(2,3)38)26-9-6-7-23(19-26)11-16-28-17-13-25-12-15-27(34)20-30(25)35-28/h4-13,15-17,19-20,22,31,38H,14,18,21H2,1-3H3,(H,36,37). The molecule has 0 bridgehead atoms. The van der Waals surface area contributed by atoms with E-state index >= 15 is 0 Å².